The van der Waals surface area contributed by atoms with Crippen LogP contribution >= 0.6 is 0 Å². The zero-order valence-electron chi connectivity index (χ0n) is 11.1. The minimum atomic E-state index is -2.91. The van der Waals surface area contributed by atoms with Gasteiger partial charge in [-0.1, -0.05) is 6.92 Å². The maximum atomic E-state index is 12.3. The number of carbonyl (C=O) groups excluding carboxylic acids is 1. The minimum absolute atomic E-state index is 0.0440. The first-order valence-electron chi connectivity index (χ1n) is 6.34. The minimum Gasteiger partial charge on any atom is -0.448 e. The van der Waals surface area contributed by atoms with Gasteiger partial charge in [0.25, 0.3) is 5.91 Å². The van der Waals surface area contributed by atoms with Gasteiger partial charge in [0, 0.05) is 19.5 Å². The fourth-order valence-electron chi connectivity index (χ4n) is 2.29. The molecule has 1 aliphatic rings. The van der Waals surface area contributed by atoms with Crippen LogP contribution in [0.2, 0.25) is 0 Å². The Morgan fingerprint density at radius 3 is 2.68 bits per heavy atom. The fraction of sp³-hybridized carbons (Fsp3) is 0.667. The number of oxazole rings is 1. The Hall–Kier alpha value is -1.37. The van der Waals surface area contributed by atoms with Crippen LogP contribution in [0, 0.1) is 0 Å². The first-order valence-corrected chi connectivity index (χ1v) is 8.16. The van der Waals surface area contributed by atoms with Crippen molar-refractivity contribution in [3.8, 4) is 0 Å². The lowest BCUT2D eigenvalue weighted by Gasteiger charge is -2.30. The summed E-state index contributed by atoms with van der Waals surface area (Å²) in [5, 5.41) is 0. The molecule has 106 valence electrons. The Bertz CT molecular complexity index is 550. The van der Waals surface area contributed by atoms with Crippen molar-refractivity contribution in [3.05, 3.63) is 17.8 Å². The molecule has 0 radical (unpaired) electrons. The monoisotopic (exact) mass is 286 g/mol. The van der Waals surface area contributed by atoms with Crippen molar-refractivity contribution in [2.24, 2.45) is 0 Å². The first kappa shape index (κ1) is 14.0. The van der Waals surface area contributed by atoms with Gasteiger partial charge in [-0.3, -0.25) is 4.79 Å². The summed E-state index contributed by atoms with van der Waals surface area (Å²) in [4.78, 5) is 17.8. The molecule has 0 bridgehead atoms. The molecule has 1 aliphatic heterocycles. The quantitative estimate of drug-likeness (QED) is 0.824. The van der Waals surface area contributed by atoms with Crippen molar-refractivity contribution >= 4 is 15.7 Å². The number of sulfone groups is 1. The zero-order chi connectivity index (χ0) is 14.0. The normalized spacial score (nSPS) is 19.3. The van der Waals surface area contributed by atoms with Gasteiger partial charge in [-0.25, -0.2) is 13.4 Å². The van der Waals surface area contributed by atoms with Crippen LogP contribution in [0.3, 0.4) is 0 Å². The van der Waals surface area contributed by atoms with Gasteiger partial charge < -0.3 is 9.32 Å². The molecule has 1 aromatic heterocycles. The summed E-state index contributed by atoms with van der Waals surface area (Å²) in [6.07, 6.45) is 2.85. The number of aryl methyl sites for hydroxylation is 1. The molecule has 0 atom stereocenters. The molecule has 0 saturated carbocycles. The molecule has 0 N–H and O–H groups in total. The summed E-state index contributed by atoms with van der Waals surface area (Å²) < 4.78 is 27.9. The molecule has 7 heteroatoms. The lowest BCUT2D eigenvalue weighted by atomic mass is 10.1. The van der Waals surface area contributed by atoms with Crippen molar-refractivity contribution in [1.29, 1.82) is 0 Å². The van der Waals surface area contributed by atoms with Crippen LogP contribution in [0.1, 0.15) is 36.0 Å². The van der Waals surface area contributed by atoms with Crippen LogP contribution in [0.15, 0.2) is 10.8 Å². The molecule has 0 aromatic carbocycles. The summed E-state index contributed by atoms with van der Waals surface area (Å²) >= 11 is 0. The van der Waals surface area contributed by atoms with E-state index in [0.29, 0.717) is 30.7 Å². The largest absolute Gasteiger partial charge is 0.448 e. The highest BCUT2D eigenvalue weighted by atomic mass is 32.2. The van der Waals surface area contributed by atoms with Gasteiger partial charge in [0.05, 0.1) is 11.5 Å². The number of carbonyl (C=O) groups is 1. The molecule has 0 aliphatic carbocycles. The Balaban J connectivity index is 2.08. The lowest BCUT2D eigenvalue weighted by molar-refractivity contribution is 0.0714. The number of nitrogens with zero attached hydrogens (tertiary/aromatic N) is 2. The van der Waals surface area contributed by atoms with Crippen molar-refractivity contribution in [2.45, 2.75) is 32.2 Å². The van der Waals surface area contributed by atoms with Gasteiger partial charge in [-0.2, -0.15) is 0 Å². The van der Waals surface area contributed by atoms with E-state index in [4.69, 9.17) is 4.42 Å². The fourth-order valence-corrected chi connectivity index (χ4v) is 3.76. The van der Waals surface area contributed by atoms with E-state index >= 15 is 0 Å². The third-order valence-electron chi connectivity index (χ3n) is 3.56. The molecule has 1 amide bonds. The standard InChI is InChI=1S/C12H18N2O4S/c1-3-10-11(13-8-18-10)12(15)14(2)9-4-6-19(16,17)7-5-9/h8-9H,3-7H2,1-2H3. The van der Waals surface area contributed by atoms with E-state index < -0.39 is 9.84 Å². The third kappa shape index (κ3) is 2.97. The van der Waals surface area contributed by atoms with E-state index in [-0.39, 0.29) is 23.5 Å². The highest BCUT2D eigenvalue weighted by Gasteiger charge is 2.30. The topological polar surface area (TPSA) is 80.5 Å². The summed E-state index contributed by atoms with van der Waals surface area (Å²) in [7, 11) is -1.22. The van der Waals surface area contributed by atoms with Gasteiger partial charge >= 0.3 is 0 Å². The average Bonchev–Trinajstić information content (AvgIpc) is 2.85. The molecule has 19 heavy (non-hydrogen) atoms. The van der Waals surface area contributed by atoms with Gasteiger partial charge in [-0.05, 0) is 12.8 Å². The lowest BCUT2D eigenvalue weighted by Crippen LogP contribution is -2.42. The van der Waals surface area contributed by atoms with E-state index in [1.165, 1.54) is 6.39 Å². The van der Waals surface area contributed by atoms with Crippen LogP contribution in [-0.4, -0.2) is 48.8 Å². The highest BCUT2D eigenvalue weighted by Crippen LogP contribution is 2.19. The van der Waals surface area contributed by atoms with E-state index in [0.717, 1.165) is 0 Å². The number of amides is 1. The summed E-state index contributed by atoms with van der Waals surface area (Å²) in [6, 6.07) is -0.0440. The van der Waals surface area contributed by atoms with Crippen LogP contribution < -0.4 is 0 Å². The third-order valence-corrected chi connectivity index (χ3v) is 5.27. The Morgan fingerprint density at radius 2 is 2.11 bits per heavy atom. The molecule has 1 fully saturated rings. The highest BCUT2D eigenvalue weighted by molar-refractivity contribution is 7.91. The second-order valence-corrected chi connectivity index (χ2v) is 7.08. The second kappa shape index (κ2) is 5.32. The van der Waals surface area contributed by atoms with Gasteiger partial charge in [0.1, 0.15) is 15.6 Å². The van der Waals surface area contributed by atoms with Crippen molar-refractivity contribution < 1.29 is 17.6 Å². The van der Waals surface area contributed by atoms with E-state index in [1.54, 1.807) is 11.9 Å². The SMILES string of the molecule is CCc1ocnc1C(=O)N(C)C1CCS(=O)(=O)CC1. The molecule has 2 heterocycles. The van der Waals surface area contributed by atoms with E-state index in [2.05, 4.69) is 4.98 Å². The molecule has 1 aromatic rings. The second-order valence-electron chi connectivity index (χ2n) is 4.78. The van der Waals surface area contributed by atoms with Crippen molar-refractivity contribution in [1.82, 2.24) is 9.88 Å². The predicted molar refractivity (Wildman–Crippen MR) is 69.7 cm³/mol. The summed E-state index contributed by atoms with van der Waals surface area (Å²) in [5.74, 6) is 0.666. The van der Waals surface area contributed by atoms with E-state index in [1.807, 2.05) is 6.92 Å². The molecule has 1 saturated heterocycles. The Kier molecular flexibility index (Phi) is 3.93. The molecule has 6 nitrogen and oxygen atoms in total. The Labute approximate surface area is 112 Å². The number of hydrogen-bond acceptors (Lipinski definition) is 5. The maximum absolute atomic E-state index is 12.3. The number of aromatic nitrogens is 1. The van der Waals surface area contributed by atoms with E-state index in [9.17, 15) is 13.2 Å². The average molecular weight is 286 g/mol. The van der Waals surface area contributed by atoms with Crippen LogP contribution in [-0.2, 0) is 16.3 Å². The summed E-state index contributed by atoms with van der Waals surface area (Å²) in [6.45, 7) is 1.89. The molecule has 0 unspecified atom stereocenters. The zero-order valence-corrected chi connectivity index (χ0v) is 11.9. The van der Waals surface area contributed by atoms with Gasteiger partial charge in [0.15, 0.2) is 12.1 Å². The van der Waals surface area contributed by atoms with Gasteiger partial charge in [-0.15, -0.1) is 0 Å². The van der Waals surface area contributed by atoms with Crippen LogP contribution in [0.25, 0.3) is 0 Å². The van der Waals surface area contributed by atoms with Crippen LogP contribution in [0.4, 0.5) is 0 Å². The van der Waals surface area contributed by atoms with Crippen molar-refractivity contribution in [3.63, 3.8) is 0 Å². The number of hydrogen-bond donors (Lipinski definition) is 0. The number of rotatable bonds is 3. The molecular weight excluding hydrogens is 268 g/mol. The van der Waals surface area contributed by atoms with Crippen molar-refractivity contribution in [2.75, 3.05) is 18.6 Å². The Morgan fingerprint density at radius 1 is 1.47 bits per heavy atom. The first-order chi connectivity index (χ1) is 8.94. The predicted octanol–water partition coefficient (Wildman–Crippen LogP) is 0.886. The maximum Gasteiger partial charge on any atom is 0.276 e. The van der Waals surface area contributed by atoms with Crippen LogP contribution in [0.5, 0.6) is 0 Å². The summed E-state index contributed by atoms with van der Waals surface area (Å²) in [5.41, 5.74) is 0.332. The molecule has 2 rings (SSSR count). The van der Waals surface area contributed by atoms with Gasteiger partial charge in [0.2, 0.25) is 0 Å². The smallest absolute Gasteiger partial charge is 0.276 e. The molecule has 0 spiro atoms. The molecular formula is C12H18N2O4S.